The number of amides is 1. The maximum Gasteiger partial charge on any atom is 0.355 e. The number of aromatic nitrogens is 4. The zero-order valence-corrected chi connectivity index (χ0v) is 27.2. The summed E-state index contributed by atoms with van der Waals surface area (Å²) < 4.78 is 51.3. The van der Waals surface area contributed by atoms with Crippen molar-refractivity contribution in [1.29, 1.82) is 0 Å². The Hall–Kier alpha value is -4.41. The quantitative estimate of drug-likeness (QED) is 0.250. The fourth-order valence-electron chi connectivity index (χ4n) is 4.34. The predicted molar refractivity (Wildman–Crippen MR) is 169 cm³/mol. The number of amidine groups is 1. The third-order valence-electron chi connectivity index (χ3n) is 7.07. The first-order chi connectivity index (χ1) is 21.3. The number of sulfonamides is 1. The molecule has 1 aliphatic heterocycles. The molecule has 1 atom stereocenters. The van der Waals surface area contributed by atoms with Crippen LogP contribution in [0.3, 0.4) is 0 Å². The van der Waals surface area contributed by atoms with Gasteiger partial charge in [0, 0.05) is 5.39 Å². The van der Waals surface area contributed by atoms with E-state index in [2.05, 4.69) is 25.1 Å². The van der Waals surface area contributed by atoms with E-state index in [9.17, 15) is 36.7 Å². The van der Waals surface area contributed by atoms with E-state index >= 15 is 0 Å². The summed E-state index contributed by atoms with van der Waals surface area (Å²) in [4.78, 5) is 44.7. The second kappa shape index (κ2) is 12.8. The van der Waals surface area contributed by atoms with Gasteiger partial charge in [-0.25, -0.2) is 32.6 Å². The Bertz CT molecular complexity index is 2080. The topological polar surface area (TPSA) is 178 Å². The van der Waals surface area contributed by atoms with Gasteiger partial charge in [-0.3, -0.25) is 9.52 Å². The zero-order valence-electron chi connectivity index (χ0n) is 24.8. The number of halogens is 4. The molecule has 3 heterocycles. The Morgan fingerprint density at radius 3 is 2.30 bits per heavy atom. The van der Waals surface area contributed by atoms with Crippen LogP contribution in [0.5, 0.6) is 0 Å². The lowest BCUT2D eigenvalue weighted by atomic mass is 9.89. The molecule has 46 heavy (non-hydrogen) atoms. The van der Waals surface area contributed by atoms with Crippen LogP contribution in [0.1, 0.15) is 49.2 Å². The Morgan fingerprint density at radius 2 is 1.76 bits per heavy atom. The largest absolute Gasteiger partial charge is 0.478 e. The number of carboxylic acid groups (broad SMARTS) is 1. The molecule has 2 aromatic carbocycles. The van der Waals surface area contributed by atoms with Crippen LogP contribution >= 0.6 is 23.2 Å². The van der Waals surface area contributed by atoms with Gasteiger partial charge in [-0.15, -0.1) is 5.10 Å². The van der Waals surface area contributed by atoms with Gasteiger partial charge < -0.3 is 10.4 Å². The van der Waals surface area contributed by atoms with Gasteiger partial charge in [0.2, 0.25) is 10.0 Å². The molecule has 0 aliphatic carbocycles. The number of aryl methyl sites for hydroxylation is 1. The number of hydrogen-bond donors (Lipinski definition) is 3. The Balaban J connectivity index is 0.000000209. The number of hydrogen-bond acceptors (Lipinski definition) is 8. The van der Waals surface area contributed by atoms with Crippen molar-refractivity contribution in [2.45, 2.75) is 39.8 Å². The van der Waals surface area contributed by atoms with Crippen LogP contribution in [0, 0.1) is 12.8 Å². The minimum Gasteiger partial charge on any atom is -0.478 e. The van der Waals surface area contributed by atoms with Crippen molar-refractivity contribution < 1.29 is 31.9 Å². The van der Waals surface area contributed by atoms with E-state index in [1.54, 1.807) is 25.1 Å². The lowest BCUT2D eigenvalue weighted by molar-refractivity contribution is -0.124. The second-order valence-electron chi connectivity index (χ2n) is 10.6. The number of aliphatic imine (C=N–C) groups is 1. The molecule has 0 saturated heterocycles. The molecule has 1 amide bonds. The summed E-state index contributed by atoms with van der Waals surface area (Å²) in [5.74, 6) is -1.38. The van der Waals surface area contributed by atoms with Crippen LogP contribution in [0.2, 0.25) is 10.0 Å². The van der Waals surface area contributed by atoms with Crippen LogP contribution in [0.15, 0.2) is 52.3 Å². The van der Waals surface area contributed by atoms with Crippen LogP contribution in [-0.2, 0) is 14.8 Å². The molecule has 1 unspecified atom stereocenters. The lowest BCUT2D eigenvalue weighted by Gasteiger charge is -2.21. The van der Waals surface area contributed by atoms with E-state index in [4.69, 9.17) is 23.2 Å². The third-order valence-corrected chi connectivity index (χ3v) is 8.28. The molecule has 0 saturated carbocycles. The Kier molecular flexibility index (Phi) is 9.57. The number of nitrogens with one attached hydrogen (secondary N) is 2. The van der Waals surface area contributed by atoms with Crippen molar-refractivity contribution >= 4 is 67.5 Å². The van der Waals surface area contributed by atoms with Crippen molar-refractivity contribution in [3.05, 3.63) is 80.1 Å². The van der Waals surface area contributed by atoms with Gasteiger partial charge in [-0.05, 0) is 44.0 Å². The average molecular weight is 699 g/mol. The number of rotatable bonds is 7. The van der Waals surface area contributed by atoms with E-state index in [1.165, 1.54) is 13.0 Å². The summed E-state index contributed by atoms with van der Waals surface area (Å²) >= 11 is 11.8. The minimum absolute atomic E-state index is 0.0197. The molecular weight excluding hydrogens is 671 g/mol. The van der Waals surface area contributed by atoms with E-state index < -0.39 is 33.8 Å². The molecule has 0 radical (unpaired) electrons. The molecule has 18 heteroatoms. The fraction of sp³-hybridized carbons (Fsp3) is 0.286. The maximum atomic E-state index is 12.8. The molecule has 4 aromatic rings. The molecule has 2 aromatic heterocycles. The Labute approximate surface area is 270 Å². The monoisotopic (exact) mass is 697 g/mol. The van der Waals surface area contributed by atoms with Gasteiger partial charge in [0.15, 0.2) is 5.84 Å². The Morgan fingerprint density at radius 1 is 1.11 bits per heavy atom. The fourth-order valence-corrected chi connectivity index (χ4v) is 5.48. The van der Waals surface area contributed by atoms with Crippen molar-refractivity contribution in [1.82, 2.24) is 24.6 Å². The maximum absolute atomic E-state index is 12.8. The van der Waals surface area contributed by atoms with Gasteiger partial charge in [0.05, 0.1) is 38.8 Å². The molecule has 0 fully saturated rings. The second-order valence-corrected chi connectivity index (χ2v) is 13.2. The van der Waals surface area contributed by atoms with E-state index in [0.29, 0.717) is 10.2 Å². The van der Waals surface area contributed by atoms with Gasteiger partial charge in [0.1, 0.15) is 17.1 Å². The summed E-state index contributed by atoms with van der Waals surface area (Å²) in [7, 11) is -3.65. The molecule has 0 spiro atoms. The third kappa shape index (κ3) is 6.88. The SMILES string of the molecule is CC(C)C1(C)N=C(c2nc3ccccc3cc2C(=O)O)NC1=O.Cc1nn(-c2cc(NS(C)(=O)=O)c(Cl)cc2Cl)c(=O)n1C(F)F. The van der Waals surface area contributed by atoms with Crippen LogP contribution < -0.4 is 15.7 Å². The smallest absolute Gasteiger partial charge is 0.355 e. The summed E-state index contributed by atoms with van der Waals surface area (Å²) in [6, 6.07) is 11.1. The number of carbonyl (C=O) groups is 2. The molecule has 13 nitrogen and oxygen atoms in total. The molecule has 0 bridgehead atoms. The number of para-hydroxylation sites is 1. The average Bonchev–Trinajstić information content (AvgIpc) is 3.43. The van der Waals surface area contributed by atoms with Crippen molar-refractivity contribution in [2.75, 3.05) is 11.0 Å². The summed E-state index contributed by atoms with van der Waals surface area (Å²) in [6.07, 6.45) is 0.902. The summed E-state index contributed by atoms with van der Waals surface area (Å²) in [5, 5.41) is 16.5. The number of alkyl halides is 2. The van der Waals surface area contributed by atoms with Crippen LogP contribution in [0.25, 0.3) is 16.6 Å². The van der Waals surface area contributed by atoms with Crippen molar-refractivity contribution in [3.8, 4) is 5.69 Å². The first-order valence-corrected chi connectivity index (χ1v) is 16.0. The number of benzene rings is 2. The first-order valence-electron chi connectivity index (χ1n) is 13.3. The highest BCUT2D eigenvalue weighted by Gasteiger charge is 2.43. The summed E-state index contributed by atoms with van der Waals surface area (Å²) in [6.45, 7) is 3.69. The van der Waals surface area contributed by atoms with Gasteiger partial charge in [0.25, 0.3) is 5.91 Å². The molecule has 3 N–H and O–H groups in total. The normalized spacial score (nSPS) is 16.3. The molecule has 5 rings (SSSR count). The van der Waals surface area contributed by atoms with E-state index in [0.717, 1.165) is 17.7 Å². The van der Waals surface area contributed by atoms with Gasteiger partial charge >= 0.3 is 18.2 Å². The number of fused-ring (bicyclic) bond motifs is 1. The lowest BCUT2D eigenvalue weighted by Crippen LogP contribution is -2.41. The highest BCUT2D eigenvalue weighted by Crippen LogP contribution is 2.32. The summed E-state index contributed by atoms with van der Waals surface area (Å²) in [5.41, 5.74) is -1.32. The van der Waals surface area contributed by atoms with E-state index in [1.807, 2.05) is 26.0 Å². The van der Waals surface area contributed by atoms with Crippen LogP contribution in [-0.4, -0.2) is 62.4 Å². The molecule has 1 aliphatic rings. The number of aromatic carboxylic acids is 1. The number of pyridine rings is 1. The van der Waals surface area contributed by atoms with Crippen LogP contribution in [0.4, 0.5) is 14.5 Å². The first kappa shape index (κ1) is 34.5. The number of nitrogens with zero attached hydrogens (tertiary/aromatic N) is 5. The van der Waals surface area contributed by atoms with E-state index in [-0.39, 0.29) is 60.7 Å². The number of carbonyl (C=O) groups excluding carboxylic acids is 1. The predicted octanol–water partition coefficient (Wildman–Crippen LogP) is 4.64. The zero-order chi connectivity index (χ0) is 34.3. The molecular formula is C28H27Cl2F2N7O6S. The number of anilines is 1. The van der Waals surface area contributed by atoms with Gasteiger partial charge in [-0.1, -0.05) is 55.2 Å². The molecule has 244 valence electrons. The highest BCUT2D eigenvalue weighted by molar-refractivity contribution is 7.92. The number of carboxylic acids is 1. The van der Waals surface area contributed by atoms with Gasteiger partial charge in [-0.2, -0.15) is 13.5 Å². The van der Waals surface area contributed by atoms with Crippen molar-refractivity contribution in [3.63, 3.8) is 0 Å². The minimum atomic E-state index is -3.65. The highest BCUT2D eigenvalue weighted by atomic mass is 35.5. The standard InChI is InChI=1S/C17H17N3O3.C11H10Cl2F2N4O3S/c1-9(2)17(3)16(23)19-14(20-17)13-11(15(21)22)8-10-6-4-5-7-12(10)18-13;1-5-16-19(11(20)18(5)10(14)15)9-4-8(17-23(2,21)22)6(12)3-7(9)13/h4-9H,1-3H3,(H,21,22)(H,19,20,23);3-4,10,17H,1-2H3. The van der Waals surface area contributed by atoms with Crippen molar-refractivity contribution in [2.24, 2.45) is 10.9 Å².